The smallest absolute Gasteiger partial charge is 0.314 e. The maximum Gasteiger partial charge on any atom is 0.314 e. The molecule has 60 valence electrons. The number of oxazole rings is 1. The predicted octanol–water partition coefficient (Wildman–Crippen LogP) is 0.613. The minimum absolute atomic E-state index is 0. The van der Waals surface area contributed by atoms with Crippen molar-refractivity contribution >= 4 is 25.2 Å². The molecular formula is C3H7BrNO4P. The highest BCUT2D eigenvalue weighted by molar-refractivity contribution is 8.93. The Morgan fingerprint density at radius 3 is 2.10 bits per heavy atom. The molecule has 0 aliphatic heterocycles. The molecule has 5 nitrogen and oxygen atoms in total. The van der Waals surface area contributed by atoms with Crippen molar-refractivity contribution in [2.45, 2.75) is 0 Å². The van der Waals surface area contributed by atoms with Gasteiger partial charge in [0.2, 0.25) is 0 Å². The lowest BCUT2D eigenvalue weighted by Gasteiger charge is -1.61. The molecule has 1 rings (SSSR count). The van der Waals surface area contributed by atoms with Crippen molar-refractivity contribution in [1.29, 1.82) is 0 Å². The number of rotatable bonds is 0. The van der Waals surface area contributed by atoms with Gasteiger partial charge in [0, 0.05) is 0 Å². The Morgan fingerprint density at radius 1 is 1.50 bits per heavy atom. The van der Waals surface area contributed by atoms with Gasteiger partial charge < -0.3 is 14.2 Å². The van der Waals surface area contributed by atoms with Gasteiger partial charge in [-0.3, -0.25) is 4.57 Å². The van der Waals surface area contributed by atoms with E-state index in [-0.39, 0.29) is 17.0 Å². The third-order valence-electron chi connectivity index (χ3n) is 0.347. The molecule has 2 N–H and O–H groups in total. The normalized spacial score (nSPS) is 7.50. The molecule has 0 unspecified atom stereocenters. The van der Waals surface area contributed by atoms with Crippen molar-refractivity contribution < 1.29 is 18.8 Å². The summed E-state index contributed by atoms with van der Waals surface area (Å²) >= 11 is 0. The Balaban J connectivity index is 0. The highest BCUT2D eigenvalue weighted by atomic mass is 79.9. The number of nitrogens with zero attached hydrogens (tertiary/aromatic N) is 1. The molecule has 10 heavy (non-hydrogen) atoms. The van der Waals surface area contributed by atoms with Crippen molar-refractivity contribution in [1.82, 2.24) is 4.98 Å². The van der Waals surface area contributed by atoms with Crippen LogP contribution in [-0.2, 0) is 4.57 Å². The summed E-state index contributed by atoms with van der Waals surface area (Å²) in [5.74, 6) is 0. The molecule has 0 fully saturated rings. The zero-order chi connectivity index (χ0) is 7.11. The molecule has 1 aromatic rings. The second-order valence-electron chi connectivity index (χ2n) is 0.958. The second kappa shape index (κ2) is 8.84. The number of hydrogen-bond donors (Lipinski definition) is 2. The molecular weight excluding hydrogens is 225 g/mol. The first-order chi connectivity index (χ1) is 4.23. The van der Waals surface area contributed by atoms with E-state index in [4.69, 9.17) is 14.4 Å². The van der Waals surface area contributed by atoms with Crippen LogP contribution in [0.1, 0.15) is 0 Å². The maximum atomic E-state index is 8.74. The summed E-state index contributed by atoms with van der Waals surface area (Å²) in [5, 5.41) is 0. The lowest BCUT2D eigenvalue weighted by Crippen LogP contribution is -1.38. The van der Waals surface area contributed by atoms with Gasteiger partial charge in [-0.15, -0.1) is 17.0 Å². The summed E-state index contributed by atoms with van der Waals surface area (Å²) in [6.45, 7) is 0. The van der Waals surface area contributed by atoms with Crippen LogP contribution in [0.4, 0.5) is 0 Å². The summed E-state index contributed by atoms with van der Waals surface area (Å²) in [7, 11) is -3.13. The van der Waals surface area contributed by atoms with Crippen molar-refractivity contribution in [2.75, 3.05) is 0 Å². The van der Waals surface area contributed by atoms with E-state index in [1.54, 1.807) is 6.20 Å². The molecule has 0 bridgehead atoms. The first kappa shape index (κ1) is 12.5. The van der Waals surface area contributed by atoms with Crippen molar-refractivity contribution in [3.8, 4) is 0 Å². The Bertz CT molecular complexity index is 134. The molecule has 0 atom stereocenters. The van der Waals surface area contributed by atoms with E-state index in [0.29, 0.717) is 0 Å². The quantitative estimate of drug-likeness (QED) is 0.640. The average molecular weight is 232 g/mol. The molecule has 0 radical (unpaired) electrons. The molecule has 0 aliphatic carbocycles. The molecule has 1 aromatic heterocycles. The first-order valence-electron chi connectivity index (χ1n) is 1.97. The molecule has 0 amide bonds. The van der Waals surface area contributed by atoms with Gasteiger partial charge in [0.1, 0.15) is 6.26 Å². The zero-order valence-electron chi connectivity index (χ0n) is 4.80. The fourth-order valence-corrected chi connectivity index (χ4v) is 0.176. The Kier molecular flexibility index (Phi) is 11.1. The van der Waals surface area contributed by atoms with Crippen LogP contribution in [0.15, 0.2) is 23.3 Å². The van der Waals surface area contributed by atoms with Gasteiger partial charge in [0.05, 0.1) is 6.20 Å². The van der Waals surface area contributed by atoms with Crippen LogP contribution in [-0.4, -0.2) is 14.8 Å². The number of halogens is 1. The topological polar surface area (TPSA) is 83.6 Å². The van der Waals surface area contributed by atoms with Crippen LogP contribution in [0.5, 0.6) is 0 Å². The fourth-order valence-electron chi connectivity index (χ4n) is 0.176. The van der Waals surface area contributed by atoms with E-state index >= 15 is 0 Å². The van der Waals surface area contributed by atoms with E-state index in [2.05, 4.69) is 9.40 Å². The van der Waals surface area contributed by atoms with Crippen molar-refractivity contribution in [3.63, 3.8) is 0 Å². The summed E-state index contributed by atoms with van der Waals surface area (Å²) in [5.41, 5.74) is 0. The summed E-state index contributed by atoms with van der Waals surface area (Å²) < 4.78 is 13.2. The van der Waals surface area contributed by atoms with Crippen LogP contribution >= 0.6 is 25.2 Å². The monoisotopic (exact) mass is 231 g/mol. The Hall–Kier alpha value is -0.160. The standard InChI is InChI=1S/C3H3NO.BrH.H3O3P/c1-2-5-3-4-1;;1-4(2)3/h1-3H;1H;4H,(H2,1,2,3). The lowest BCUT2D eigenvalue weighted by molar-refractivity contribution is 0.405. The molecule has 0 spiro atoms. The second-order valence-corrected chi connectivity index (χ2v) is 1.52. The van der Waals surface area contributed by atoms with E-state index in [9.17, 15) is 0 Å². The third-order valence-corrected chi connectivity index (χ3v) is 0.347. The van der Waals surface area contributed by atoms with Crippen LogP contribution < -0.4 is 0 Å². The SMILES string of the molecule is Br.O=[PH](O)O.c1cocn1. The predicted molar refractivity (Wildman–Crippen MR) is 40.3 cm³/mol. The molecule has 0 aromatic carbocycles. The Morgan fingerprint density at radius 2 is 2.00 bits per heavy atom. The van der Waals surface area contributed by atoms with Gasteiger partial charge in [0.25, 0.3) is 0 Å². The van der Waals surface area contributed by atoms with Gasteiger partial charge in [-0.05, 0) is 0 Å². The lowest BCUT2D eigenvalue weighted by atomic mass is 11.0. The van der Waals surface area contributed by atoms with Crippen molar-refractivity contribution in [3.05, 3.63) is 18.9 Å². The van der Waals surface area contributed by atoms with Crippen LogP contribution in [0.2, 0.25) is 0 Å². The number of hydrogen-bond acceptors (Lipinski definition) is 3. The molecule has 1 heterocycles. The highest BCUT2D eigenvalue weighted by Crippen LogP contribution is 1.98. The van der Waals surface area contributed by atoms with E-state index < -0.39 is 8.25 Å². The van der Waals surface area contributed by atoms with Crippen LogP contribution in [0, 0.1) is 0 Å². The van der Waals surface area contributed by atoms with Crippen LogP contribution in [0.25, 0.3) is 0 Å². The molecule has 0 aliphatic rings. The Labute approximate surface area is 68.4 Å². The minimum Gasteiger partial charge on any atom is -0.452 e. The average Bonchev–Trinajstić information content (AvgIpc) is 2.11. The first-order valence-corrected chi connectivity index (χ1v) is 3.28. The largest absolute Gasteiger partial charge is 0.452 e. The summed E-state index contributed by atoms with van der Waals surface area (Å²) in [4.78, 5) is 17.9. The fraction of sp³-hybridized carbons (Fsp3) is 0. The van der Waals surface area contributed by atoms with Gasteiger partial charge >= 0.3 is 8.25 Å². The van der Waals surface area contributed by atoms with Gasteiger partial charge in [0.15, 0.2) is 6.39 Å². The van der Waals surface area contributed by atoms with Gasteiger partial charge in [-0.25, -0.2) is 4.98 Å². The molecule has 0 saturated heterocycles. The molecule has 7 heteroatoms. The van der Waals surface area contributed by atoms with E-state index in [1.165, 1.54) is 12.7 Å². The van der Waals surface area contributed by atoms with Crippen molar-refractivity contribution in [2.24, 2.45) is 0 Å². The van der Waals surface area contributed by atoms with E-state index in [1.807, 2.05) is 0 Å². The summed E-state index contributed by atoms with van der Waals surface area (Å²) in [6.07, 6.45) is 4.47. The summed E-state index contributed by atoms with van der Waals surface area (Å²) in [6, 6.07) is 0. The van der Waals surface area contributed by atoms with Gasteiger partial charge in [-0.1, -0.05) is 0 Å². The van der Waals surface area contributed by atoms with E-state index in [0.717, 1.165) is 0 Å². The van der Waals surface area contributed by atoms with Gasteiger partial charge in [-0.2, -0.15) is 0 Å². The third kappa shape index (κ3) is 15.7. The number of aromatic nitrogens is 1. The maximum absolute atomic E-state index is 8.74. The zero-order valence-corrected chi connectivity index (χ0v) is 7.51. The highest BCUT2D eigenvalue weighted by Gasteiger charge is 1.61. The van der Waals surface area contributed by atoms with Crippen LogP contribution in [0.3, 0.4) is 0 Å². The molecule has 0 saturated carbocycles. The minimum atomic E-state index is -3.13.